The van der Waals surface area contributed by atoms with Crippen LogP contribution in [0.5, 0.6) is 0 Å². The van der Waals surface area contributed by atoms with Crippen molar-refractivity contribution in [2.24, 2.45) is 0 Å². The van der Waals surface area contributed by atoms with Gasteiger partial charge in [0.05, 0.1) is 12.7 Å². The molecule has 7 nitrogen and oxygen atoms in total. The molecule has 1 aliphatic rings. The standard InChI is InChI=1S/C12H22N2O5/c1-2-14(8-10-4-3-6-19-10)12(17)13-5-7-18-9-11(15)16/h10H,2-9H2,1H3,(H,13,17)(H,15,16). The smallest absolute Gasteiger partial charge is 0.329 e. The van der Waals surface area contributed by atoms with Crippen LogP contribution in [0.2, 0.25) is 0 Å². The van der Waals surface area contributed by atoms with Crippen LogP contribution >= 0.6 is 0 Å². The van der Waals surface area contributed by atoms with E-state index in [1.807, 2.05) is 6.92 Å². The summed E-state index contributed by atoms with van der Waals surface area (Å²) in [6.45, 7) is 4.04. The van der Waals surface area contributed by atoms with Crippen molar-refractivity contribution >= 4 is 12.0 Å². The molecule has 1 rings (SSSR count). The Morgan fingerprint density at radius 2 is 2.32 bits per heavy atom. The molecule has 19 heavy (non-hydrogen) atoms. The molecule has 1 saturated heterocycles. The van der Waals surface area contributed by atoms with Crippen LogP contribution in [0, 0.1) is 0 Å². The predicted octanol–water partition coefficient (Wildman–Crippen LogP) is 0.298. The molecule has 2 amide bonds. The number of carbonyl (C=O) groups is 2. The molecule has 0 saturated carbocycles. The second kappa shape index (κ2) is 8.71. The highest BCUT2D eigenvalue weighted by molar-refractivity contribution is 5.74. The van der Waals surface area contributed by atoms with Gasteiger partial charge in [-0.2, -0.15) is 0 Å². The zero-order valence-electron chi connectivity index (χ0n) is 11.3. The molecule has 0 aromatic rings. The fourth-order valence-corrected chi connectivity index (χ4v) is 1.89. The molecule has 1 unspecified atom stereocenters. The number of nitrogens with one attached hydrogen (secondary N) is 1. The maximum Gasteiger partial charge on any atom is 0.329 e. The predicted molar refractivity (Wildman–Crippen MR) is 68.1 cm³/mol. The lowest BCUT2D eigenvalue weighted by molar-refractivity contribution is -0.142. The van der Waals surface area contributed by atoms with Gasteiger partial charge in [0, 0.05) is 26.2 Å². The van der Waals surface area contributed by atoms with Crippen LogP contribution in [0.1, 0.15) is 19.8 Å². The molecule has 2 N–H and O–H groups in total. The number of nitrogens with zero attached hydrogens (tertiary/aromatic N) is 1. The summed E-state index contributed by atoms with van der Waals surface area (Å²) in [6.07, 6.45) is 2.17. The molecule has 110 valence electrons. The van der Waals surface area contributed by atoms with E-state index < -0.39 is 5.97 Å². The third-order valence-electron chi connectivity index (χ3n) is 2.87. The summed E-state index contributed by atoms with van der Waals surface area (Å²) in [7, 11) is 0. The quantitative estimate of drug-likeness (QED) is 0.621. The molecule has 1 heterocycles. The van der Waals surface area contributed by atoms with Gasteiger partial charge in [-0.15, -0.1) is 0 Å². The van der Waals surface area contributed by atoms with Gasteiger partial charge in [-0.3, -0.25) is 0 Å². The first-order valence-corrected chi connectivity index (χ1v) is 6.57. The first-order chi connectivity index (χ1) is 9.13. The van der Waals surface area contributed by atoms with Crippen LogP contribution in [-0.2, 0) is 14.3 Å². The molecule has 1 aliphatic heterocycles. The molecule has 0 spiro atoms. The highest BCUT2D eigenvalue weighted by Gasteiger charge is 2.21. The Kier molecular flexibility index (Phi) is 7.20. The van der Waals surface area contributed by atoms with E-state index in [-0.39, 0.29) is 25.3 Å². The summed E-state index contributed by atoms with van der Waals surface area (Å²) >= 11 is 0. The maximum absolute atomic E-state index is 11.8. The van der Waals surface area contributed by atoms with Gasteiger partial charge in [0.1, 0.15) is 6.61 Å². The van der Waals surface area contributed by atoms with Gasteiger partial charge < -0.3 is 24.8 Å². The van der Waals surface area contributed by atoms with E-state index in [9.17, 15) is 9.59 Å². The Balaban J connectivity index is 2.15. The van der Waals surface area contributed by atoms with E-state index >= 15 is 0 Å². The van der Waals surface area contributed by atoms with Gasteiger partial charge in [0.15, 0.2) is 0 Å². The molecule has 0 aliphatic carbocycles. The van der Waals surface area contributed by atoms with Crippen LogP contribution in [0.4, 0.5) is 4.79 Å². The number of hydrogen-bond acceptors (Lipinski definition) is 4. The lowest BCUT2D eigenvalue weighted by atomic mass is 10.2. The number of hydrogen-bond donors (Lipinski definition) is 2. The largest absolute Gasteiger partial charge is 0.480 e. The molecule has 0 aromatic carbocycles. The van der Waals surface area contributed by atoms with Crippen molar-refractivity contribution in [3.63, 3.8) is 0 Å². The van der Waals surface area contributed by atoms with Crippen LogP contribution in [0.3, 0.4) is 0 Å². The summed E-state index contributed by atoms with van der Waals surface area (Å²) in [4.78, 5) is 23.7. The lowest BCUT2D eigenvalue weighted by Crippen LogP contribution is -2.44. The number of ether oxygens (including phenoxy) is 2. The Morgan fingerprint density at radius 3 is 2.89 bits per heavy atom. The first kappa shape index (κ1) is 15.7. The van der Waals surface area contributed by atoms with E-state index in [4.69, 9.17) is 14.6 Å². The molecule has 7 heteroatoms. The van der Waals surface area contributed by atoms with Gasteiger partial charge in [-0.05, 0) is 19.8 Å². The SMILES string of the molecule is CCN(CC1CCCO1)C(=O)NCCOCC(=O)O. The number of rotatable bonds is 8. The topological polar surface area (TPSA) is 88.1 Å². The summed E-state index contributed by atoms with van der Waals surface area (Å²) in [5.41, 5.74) is 0. The third-order valence-corrected chi connectivity index (χ3v) is 2.87. The summed E-state index contributed by atoms with van der Waals surface area (Å²) < 4.78 is 10.3. The number of carboxylic acid groups (broad SMARTS) is 1. The minimum atomic E-state index is -1.01. The Labute approximate surface area is 112 Å². The number of likely N-dealkylation sites (N-methyl/N-ethyl adjacent to an activating group) is 1. The van der Waals surface area contributed by atoms with Crippen molar-refractivity contribution in [3.8, 4) is 0 Å². The monoisotopic (exact) mass is 274 g/mol. The van der Waals surface area contributed by atoms with Gasteiger partial charge in [-0.1, -0.05) is 0 Å². The Hall–Kier alpha value is -1.34. The number of aliphatic carboxylic acids is 1. The number of carboxylic acids is 1. The summed E-state index contributed by atoms with van der Waals surface area (Å²) in [5, 5.41) is 11.1. The van der Waals surface area contributed by atoms with E-state index in [2.05, 4.69) is 5.32 Å². The lowest BCUT2D eigenvalue weighted by Gasteiger charge is -2.24. The zero-order valence-corrected chi connectivity index (χ0v) is 11.3. The van der Waals surface area contributed by atoms with E-state index in [1.54, 1.807) is 4.90 Å². The molecule has 1 fully saturated rings. The first-order valence-electron chi connectivity index (χ1n) is 6.57. The van der Waals surface area contributed by atoms with Crippen LogP contribution in [-0.4, -0.2) is 67.6 Å². The number of carbonyl (C=O) groups excluding carboxylic acids is 1. The second-order valence-corrected chi connectivity index (χ2v) is 4.35. The van der Waals surface area contributed by atoms with E-state index in [1.165, 1.54) is 0 Å². The Bertz CT molecular complexity index is 292. The summed E-state index contributed by atoms with van der Waals surface area (Å²) in [5.74, 6) is -1.01. The minimum Gasteiger partial charge on any atom is -0.480 e. The zero-order chi connectivity index (χ0) is 14.1. The molecule has 0 radical (unpaired) electrons. The van der Waals surface area contributed by atoms with Crippen molar-refractivity contribution < 1.29 is 24.2 Å². The van der Waals surface area contributed by atoms with Crippen LogP contribution < -0.4 is 5.32 Å². The van der Waals surface area contributed by atoms with Crippen LogP contribution in [0.15, 0.2) is 0 Å². The van der Waals surface area contributed by atoms with Gasteiger partial charge in [0.2, 0.25) is 0 Å². The molecular formula is C12H22N2O5. The Morgan fingerprint density at radius 1 is 1.53 bits per heavy atom. The van der Waals surface area contributed by atoms with Crippen LogP contribution in [0.25, 0.3) is 0 Å². The van der Waals surface area contributed by atoms with E-state index in [0.29, 0.717) is 19.6 Å². The van der Waals surface area contributed by atoms with Gasteiger partial charge in [-0.25, -0.2) is 9.59 Å². The number of amides is 2. The normalized spacial score (nSPS) is 18.3. The average molecular weight is 274 g/mol. The average Bonchev–Trinajstić information content (AvgIpc) is 2.87. The van der Waals surface area contributed by atoms with Crippen molar-refractivity contribution in [1.82, 2.24) is 10.2 Å². The van der Waals surface area contributed by atoms with Crippen molar-refractivity contribution in [3.05, 3.63) is 0 Å². The fourth-order valence-electron chi connectivity index (χ4n) is 1.89. The summed E-state index contributed by atoms with van der Waals surface area (Å²) in [6, 6.07) is -0.170. The van der Waals surface area contributed by atoms with Gasteiger partial charge >= 0.3 is 12.0 Å². The number of urea groups is 1. The van der Waals surface area contributed by atoms with Crippen molar-refractivity contribution in [2.75, 3.05) is 39.5 Å². The maximum atomic E-state index is 11.8. The highest BCUT2D eigenvalue weighted by Crippen LogP contribution is 2.13. The van der Waals surface area contributed by atoms with E-state index in [0.717, 1.165) is 19.4 Å². The molecular weight excluding hydrogens is 252 g/mol. The van der Waals surface area contributed by atoms with Gasteiger partial charge in [0.25, 0.3) is 0 Å². The fraction of sp³-hybridized carbons (Fsp3) is 0.833. The third kappa shape index (κ3) is 6.40. The molecule has 0 bridgehead atoms. The highest BCUT2D eigenvalue weighted by atomic mass is 16.5. The minimum absolute atomic E-state index is 0.133. The van der Waals surface area contributed by atoms with Crippen molar-refractivity contribution in [1.29, 1.82) is 0 Å². The second-order valence-electron chi connectivity index (χ2n) is 4.35. The van der Waals surface area contributed by atoms with Crippen molar-refractivity contribution in [2.45, 2.75) is 25.9 Å². The molecule has 0 aromatic heterocycles. The molecule has 1 atom stereocenters.